The van der Waals surface area contributed by atoms with E-state index < -0.39 is 0 Å². The Labute approximate surface area is 61.0 Å². The molecular weight excluding hydrogens is 126 g/mol. The quantitative estimate of drug-likeness (QED) is 0.566. The van der Waals surface area contributed by atoms with Gasteiger partial charge < -0.3 is 5.32 Å². The summed E-state index contributed by atoms with van der Waals surface area (Å²) in [5.41, 5.74) is 0. The van der Waals surface area contributed by atoms with Crippen LogP contribution in [0, 0.1) is 11.8 Å². The number of carbonyl (C=O) groups is 1. The van der Waals surface area contributed by atoms with Crippen molar-refractivity contribution in [2.24, 2.45) is 11.8 Å². The second kappa shape index (κ2) is 2.26. The molecule has 0 radical (unpaired) electrons. The fourth-order valence-electron chi connectivity index (χ4n) is 2.54. The fraction of sp³-hybridized carbons (Fsp3) is 0.875. The van der Waals surface area contributed by atoms with E-state index in [1.54, 1.807) is 0 Å². The normalized spacial score (nSPS) is 43.8. The molecular formula is C8H13NO. The van der Waals surface area contributed by atoms with Gasteiger partial charge in [-0.15, -0.1) is 0 Å². The van der Waals surface area contributed by atoms with Crippen LogP contribution in [0.3, 0.4) is 0 Å². The highest BCUT2D eigenvalue weighted by molar-refractivity contribution is 5.47. The Balaban J connectivity index is 1.95. The number of rotatable bonds is 2. The molecule has 2 fully saturated rings. The minimum Gasteiger partial charge on any atom is -0.356 e. The first-order valence-corrected chi connectivity index (χ1v) is 4.10. The first-order valence-electron chi connectivity index (χ1n) is 4.10. The van der Waals surface area contributed by atoms with Crippen LogP contribution in [0.4, 0.5) is 0 Å². The van der Waals surface area contributed by atoms with Gasteiger partial charge in [-0.05, 0) is 31.1 Å². The standard InChI is InChI=1S/C8H13NO/c10-5-9-8-4-6-1-2-7(8)3-6/h5-8H,1-4H2,(H,9,10)/t6-,7+,8-/m0/s1. The number of hydrogen-bond acceptors (Lipinski definition) is 1. The predicted molar refractivity (Wildman–Crippen MR) is 38.4 cm³/mol. The molecule has 0 aliphatic heterocycles. The molecule has 0 spiro atoms. The van der Waals surface area contributed by atoms with Crippen molar-refractivity contribution in [1.29, 1.82) is 0 Å². The number of amides is 1. The molecule has 2 bridgehead atoms. The van der Waals surface area contributed by atoms with Crippen molar-refractivity contribution in [2.45, 2.75) is 31.7 Å². The van der Waals surface area contributed by atoms with Gasteiger partial charge in [-0.2, -0.15) is 0 Å². The maximum Gasteiger partial charge on any atom is 0.207 e. The molecule has 3 atom stereocenters. The van der Waals surface area contributed by atoms with Gasteiger partial charge >= 0.3 is 0 Å². The van der Waals surface area contributed by atoms with Gasteiger partial charge in [0.05, 0.1) is 0 Å². The fourth-order valence-corrected chi connectivity index (χ4v) is 2.54. The van der Waals surface area contributed by atoms with Gasteiger partial charge in [0.2, 0.25) is 6.41 Å². The molecule has 10 heavy (non-hydrogen) atoms. The first-order chi connectivity index (χ1) is 4.90. The van der Waals surface area contributed by atoms with E-state index in [0.29, 0.717) is 6.04 Å². The third-order valence-corrected chi connectivity index (χ3v) is 3.02. The Bertz CT molecular complexity index is 146. The Morgan fingerprint density at radius 2 is 2.20 bits per heavy atom. The topological polar surface area (TPSA) is 29.1 Å². The average Bonchev–Trinajstić information content (AvgIpc) is 2.48. The van der Waals surface area contributed by atoms with E-state index in [1.165, 1.54) is 25.7 Å². The minimum atomic E-state index is 0.524. The maximum absolute atomic E-state index is 10.1. The molecule has 2 heteroatoms. The van der Waals surface area contributed by atoms with Crippen LogP contribution in [0.25, 0.3) is 0 Å². The van der Waals surface area contributed by atoms with Crippen LogP contribution in [-0.4, -0.2) is 12.5 Å². The highest BCUT2D eigenvalue weighted by Gasteiger charge is 2.38. The van der Waals surface area contributed by atoms with E-state index in [1.807, 2.05) is 0 Å². The van der Waals surface area contributed by atoms with Crippen molar-refractivity contribution in [3.8, 4) is 0 Å². The Morgan fingerprint density at radius 3 is 2.70 bits per heavy atom. The molecule has 0 aromatic heterocycles. The molecule has 2 saturated carbocycles. The second-order valence-electron chi connectivity index (χ2n) is 3.57. The van der Waals surface area contributed by atoms with E-state index in [4.69, 9.17) is 0 Å². The zero-order chi connectivity index (χ0) is 6.97. The molecule has 0 unspecified atom stereocenters. The molecule has 0 aromatic carbocycles. The Kier molecular flexibility index (Phi) is 1.40. The Hall–Kier alpha value is -0.530. The molecule has 2 aliphatic rings. The average molecular weight is 139 g/mol. The van der Waals surface area contributed by atoms with Gasteiger partial charge in [-0.1, -0.05) is 6.42 Å². The summed E-state index contributed by atoms with van der Waals surface area (Å²) >= 11 is 0. The highest BCUT2D eigenvalue weighted by Crippen LogP contribution is 2.44. The van der Waals surface area contributed by atoms with Crippen LogP contribution in [0.1, 0.15) is 25.7 Å². The van der Waals surface area contributed by atoms with E-state index in [-0.39, 0.29) is 0 Å². The molecule has 1 N–H and O–H groups in total. The second-order valence-corrected chi connectivity index (χ2v) is 3.57. The summed E-state index contributed by atoms with van der Waals surface area (Å²) in [6.07, 6.45) is 6.21. The largest absolute Gasteiger partial charge is 0.356 e. The molecule has 2 rings (SSSR count). The number of nitrogens with one attached hydrogen (secondary N) is 1. The van der Waals surface area contributed by atoms with Crippen molar-refractivity contribution >= 4 is 6.41 Å². The summed E-state index contributed by atoms with van der Waals surface area (Å²) < 4.78 is 0. The van der Waals surface area contributed by atoms with E-state index in [0.717, 1.165) is 18.2 Å². The van der Waals surface area contributed by atoms with Gasteiger partial charge in [-0.25, -0.2) is 0 Å². The van der Waals surface area contributed by atoms with Gasteiger partial charge in [0.25, 0.3) is 0 Å². The maximum atomic E-state index is 10.1. The molecule has 0 heterocycles. The first kappa shape index (κ1) is 6.20. The summed E-state index contributed by atoms with van der Waals surface area (Å²) in [6, 6.07) is 0.524. The smallest absolute Gasteiger partial charge is 0.207 e. The summed E-state index contributed by atoms with van der Waals surface area (Å²) in [7, 11) is 0. The van der Waals surface area contributed by atoms with E-state index in [9.17, 15) is 4.79 Å². The lowest BCUT2D eigenvalue weighted by Gasteiger charge is -2.20. The van der Waals surface area contributed by atoms with Gasteiger partial charge in [-0.3, -0.25) is 4.79 Å². The summed E-state index contributed by atoms with van der Waals surface area (Å²) in [4.78, 5) is 10.1. The van der Waals surface area contributed by atoms with Crippen molar-refractivity contribution < 1.29 is 4.79 Å². The van der Waals surface area contributed by atoms with Gasteiger partial charge in [0.15, 0.2) is 0 Å². The zero-order valence-electron chi connectivity index (χ0n) is 6.05. The van der Waals surface area contributed by atoms with Crippen molar-refractivity contribution in [3.63, 3.8) is 0 Å². The van der Waals surface area contributed by atoms with Crippen LogP contribution in [0.5, 0.6) is 0 Å². The van der Waals surface area contributed by atoms with Crippen molar-refractivity contribution in [1.82, 2.24) is 5.32 Å². The lowest BCUT2D eigenvalue weighted by molar-refractivity contribution is -0.110. The van der Waals surface area contributed by atoms with E-state index >= 15 is 0 Å². The summed E-state index contributed by atoms with van der Waals surface area (Å²) in [6.45, 7) is 0. The molecule has 2 aliphatic carbocycles. The third-order valence-electron chi connectivity index (χ3n) is 3.02. The molecule has 2 nitrogen and oxygen atoms in total. The van der Waals surface area contributed by atoms with Crippen LogP contribution >= 0.6 is 0 Å². The van der Waals surface area contributed by atoms with Gasteiger partial charge in [0, 0.05) is 6.04 Å². The lowest BCUT2D eigenvalue weighted by Crippen LogP contribution is -2.32. The van der Waals surface area contributed by atoms with Gasteiger partial charge in [0.1, 0.15) is 0 Å². The number of hydrogen-bond donors (Lipinski definition) is 1. The predicted octanol–water partition coefficient (Wildman–Crippen LogP) is 0.921. The lowest BCUT2D eigenvalue weighted by atomic mass is 9.96. The summed E-state index contributed by atoms with van der Waals surface area (Å²) in [5.74, 6) is 1.75. The molecule has 56 valence electrons. The summed E-state index contributed by atoms with van der Waals surface area (Å²) in [5, 5.41) is 2.90. The van der Waals surface area contributed by atoms with Crippen LogP contribution < -0.4 is 5.32 Å². The monoisotopic (exact) mass is 139 g/mol. The molecule has 0 saturated heterocycles. The number of fused-ring (bicyclic) bond motifs is 2. The number of carbonyl (C=O) groups excluding carboxylic acids is 1. The van der Waals surface area contributed by atoms with Crippen LogP contribution in [0.2, 0.25) is 0 Å². The van der Waals surface area contributed by atoms with Crippen LogP contribution in [0.15, 0.2) is 0 Å². The highest BCUT2D eigenvalue weighted by atomic mass is 16.1. The molecule has 1 amide bonds. The molecule has 0 aromatic rings. The van der Waals surface area contributed by atoms with Crippen molar-refractivity contribution in [3.05, 3.63) is 0 Å². The minimum absolute atomic E-state index is 0.524. The Morgan fingerprint density at radius 1 is 1.30 bits per heavy atom. The van der Waals surface area contributed by atoms with Crippen LogP contribution in [-0.2, 0) is 4.79 Å². The third kappa shape index (κ3) is 0.825. The van der Waals surface area contributed by atoms with Crippen molar-refractivity contribution in [2.75, 3.05) is 0 Å². The SMILES string of the molecule is O=CN[C@H]1C[C@H]2CC[C@@H]1C2. The van der Waals surface area contributed by atoms with E-state index in [2.05, 4.69) is 5.32 Å². The zero-order valence-corrected chi connectivity index (χ0v) is 6.05.